The Kier molecular flexibility index (Phi) is 13.0. The van der Waals surface area contributed by atoms with Crippen LogP contribution < -0.4 is 40.7 Å². The van der Waals surface area contributed by atoms with Crippen LogP contribution in [0.2, 0.25) is 0 Å². The van der Waals surface area contributed by atoms with Crippen molar-refractivity contribution < 1.29 is 39.4 Å². The first kappa shape index (κ1) is 44.5. The standard InChI is InChI=1S/C52H66N4O8/c1-31(2)24-51(3,60)27-53-29-54-28-52(62-30-56-36-7-5-6-8-36)25-43-42-21-35(20-32-9-15-44-33(19-32)17-18-55-44)41-23-37(58)11-13-39(41)47(42)49-40(14-12-38(26-57)63-49)48(43)64-50(52)34-10-16-45(59)46(22-34)61-4/h9-11,13,15-17,19,22-23,31,35-36,38,50,53-54,56-60H,5-8,12,14,18,20-21,24-30H2,1-4H3. The third kappa shape index (κ3) is 9.10. The number of fused-ring (bicyclic) bond motifs is 9. The van der Waals surface area contributed by atoms with Crippen molar-refractivity contribution in [3.05, 3.63) is 98.6 Å². The maximum Gasteiger partial charge on any atom is 0.160 e. The van der Waals surface area contributed by atoms with Gasteiger partial charge in [-0.25, -0.2) is 0 Å². The molecule has 4 aromatic rings. The molecule has 7 N–H and O–H groups in total. The van der Waals surface area contributed by atoms with Crippen LogP contribution in [-0.2, 0) is 30.4 Å². The largest absolute Gasteiger partial charge is 0.508 e. The van der Waals surface area contributed by atoms with E-state index in [0.717, 1.165) is 80.3 Å². The first-order valence-electron chi connectivity index (χ1n) is 23.4. The van der Waals surface area contributed by atoms with Gasteiger partial charge in [0.25, 0.3) is 0 Å². The fourth-order valence-electron chi connectivity index (χ4n) is 11.2. The number of benzene rings is 4. The number of aliphatic hydroxyl groups is 2. The van der Waals surface area contributed by atoms with E-state index in [-0.39, 0.29) is 30.1 Å². The lowest BCUT2D eigenvalue weighted by Crippen LogP contribution is -2.56. The Morgan fingerprint density at radius 2 is 1.80 bits per heavy atom. The molecule has 1 saturated carbocycles. The highest BCUT2D eigenvalue weighted by Crippen LogP contribution is 2.57. The molecule has 0 bridgehead atoms. The zero-order chi connectivity index (χ0) is 44.6. The molecule has 3 heterocycles. The summed E-state index contributed by atoms with van der Waals surface area (Å²) in [6.07, 6.45) is 9.61. The summed E-state index contributed by atoms with van der Waals surface area (Å²) < 4.78 is 27.3. The van der Waals surface area contributed by atoms with Gasteiger partial charge in [-0.2, -0.15) is 0 Å². The Balaban J connectivity index is 1.17. The number of methoxy groups -OCH3 is 1. The van der Waals surface area contributed by atoms with Gasteiger partial charge in [-0.3, -0.25) is 10.3 Å². The summed E-state index contributed by atoms with van der Waals surface area (Å²) in [5.41, 5.74) is 6.39. The average Bonchev–Trinajstić information content (AvgIpc) is 3.98. The molecule has 0 radical (unpaired) electrons. The van der Waals surface area contributed by atoms with Gasteiger partial charge < -0.3 is 50.0 Å². The lowest BCUT2D eigenvalue weighted by atomic mass is 9.70. The molecule has 1 fully saturated rings. The monoisotopic (exact) mass is 874 g/mol. The number of nitrogens with zero attached hydrogens (tertiary/aromatic N) is 1. The molecule has 2 aliphatic carbocycles. The van der Waals surface area contributed by atoms with Crippen LogP contribution in [0.1, 0.15) is 105 Å². The molecular weight excluding hydrogens is 809 g/mol. The molecule has 12 heteroatoms. The van der Waals surface area contributed by atoms with Crippen molar-refractivity contribution >= 4 is 6.08 Å². The highest BCUT2D eigenvalue weighted by atomic mass is 16.6. The molecule has 0 spiro atoms. The molecule has 5 unspecified atom stereocenters. The van der Waals surface area contributed by atoms with Gasteiger partial charge in [0.1, 0.15) is 29.0 Å². The fraction of sp³-hybridized carbons (Fsp3) is 0.519. The Hall–Kier alpha value is -4.69. The van der Waals surface area contributed by atoms with E-state index in [9.17, 15) is 20.4 Å². The average molecular weight is 875 g/mol. The predicted molar refractivity (Wildman–Crippen MR) is 247 cm³/mol. The number of phenolic OH excluding ortho intramolecular Hbond substituents is 2. The summed E-state index contributed by atoms with van der Waals surface area (Å²) in [5.74, 6) is 2.48. The maximum absolute atomic E-state index is 11.1. The lowest BCUT2D eigenvalue weighted by molar-refractivity contribution is -0.131. The Labute approximate surface area is 376 Å². The van der Waals surface area contributed by atoms with E-state index >= 15 is 0 Å². The van der Waals surface area contributed by atoms with Gasteiger partial charge in [-0.1, -0.05) is 51.0 Å². The van der Waals surface area contributed by atoms with Crippen LogP contribution in [0.25, 0.3) is 17.2 Å². The molecule has 9 rings (SSSR count). The van der Waals surface area contributed by atoms with E-state index < -0.39 is 17.3 Å². The highest BCUT2D eigenvalue weighted by Gasteiger charge is 2.50. The zero-order valence-corrected chi connectivity index (χ0v) is 37.8. The molecule has 342 valence electrons. The molecule has 3 aliphatic heterocycles. The second kappa shape index (κ2) is 18.7. The Bertz CT molecular complexity index is 2470. The number of rotatable bonds is 17. The molecule has 64 heavy (non-hydrogen) atoms. The van der Waals surface area contributed by atoms with Crippen LogP contribution in [0.15, 0.2) is 59.6 Å². The smallest absolute Gasteiger partial charge is 0.160 e. The van der Waals surface area contributed by atoms with Crippen molar-refractivity contribution in [2.24, 2.45) is 10.9 Å². The normalized spacial score (nSPS) is 23.1. The molecule has 0 amide bonds. The molecule has 5 aliphatic rings. The number of aromatic hydroxyl groups is 2. The zero-order valence-electron chi connectivity index (χ0n) is 37.8. The topological polar surface area (TPSA) is 166 Å². The molecule has 12 nitrogen and oxygen atoms in total. The number of hydrogen-bond donors (Lipinski definition) is 7. The quantitative estimate of drug-likeness (QED) is 0.0521. The van der Waals surface area contributed by atoms with Crippen LogP contribution >= 0.6 is 0 Å². The summed E-state index contributed by atoms with van der Waals surface area (Å²) in [6, 6.07) is 18.0. The summed E-state index contributed by atoms with van der Waals surface area (Å²) in [7, 11) is 1.55. The molecule has 4 aromatic carbocycles. The Morgan fingerprint density at radius 1 is 0.953 bits per heavy atom. The first-order chi connectivity index (χ1) is 30.9. The van der Waals surface area contributed by atoms with Gasteiger partial charge in [0, 0.05) is 48.9 Å². The second-order valence-corrected chi connectivity index (χ2v) is 19.5. The van der Waals surface area contributed by atoms with Gasteiger partial charge in [0.05, 0.1) is 38.0 Å². The van der Waals surface area contributed by atoms with Crippen LogP contribution in [0.4, 0.5) is 0 Å². The summed E-state index contributed by atoms with van der Waals surface area (Å²) in [6.45, 7) is 8.26. The van der Waals surface area contributed by atoms with Crippen LogP contribution in [0, 0.1) is 5.92 Å². The van der Waals surface area contributed by atoms with E-state index in [4.69, 9.17) is 18.9 Å². The Morgan fingerprint density at radius 3 is 2.59 bits per heavy atom. The third-order valence-electron chi connectivity index (χ3n) is 14.1. The maximum atomic E-state index is 11.1. The van der Waals surface area contributed by atoms with Crippen molar-refractivity contribution in [3.63, 3.8) is 0 Å². The summed E-state index contributed by atoms with van der Waals surface area (Å²) in [5, 5.41) is 56.5. The van der Waals surface area contributed by atoms with E-state index in [2.05, 4.69) is 59.1 Å². The number of phenols is 2. The van der Waals surface area contributed by atoms with Gasteiger partial charge in [-0.05, 0) is 133 Å². The number of nitrogens with one attached hydrogen (secondary N) is 3. The van der Waals surface area contributed by atoms with Crippen molar-refractivity contribution in [1.82, 2.24) is 16.0 Å². The van der Waals surface area contributed by atoms with Gasteiger partial charge in [-0.15, -0.1) is 0 Å². The number of hydrogen-bond acceptors (Lipinski definition) is 12. The molecule has 0 aromatic heterocycles. The lowest BCUT2D eigenvalue weighted by Gasteiger charge is -2.47. The first-order valence-corrected chi connectivity index (χ1v) is 23.4. The highest BCUT2D eigenvalue weighted by molar-refractivity contribution is 5.85. The van der Waals surface area contributed by atoms with Crippen LogP contribution in [-0.4, -0.2) is 90.5 Å². The number of ether oxygens (including phenoxy) is 4. The van der Waals surface area contributed by atoms with Gasteiger partial charge in [0.15, 0.2) is 17.6 Å². The van der Waals surface area contributed by atoms with E-state index in [1.54, 1.807) is 19.2 Å². The van der Waals surface area contributed by atoms with Crippen molar-refractivity contribution in [3.8, 4) is 39.9 Å². The van der Waals surface area contributed by atoms with Gasteiger partial charge >= 0.3 is 0 Å². The molecule has 0 saturated heterocycles. The van der Waals surface area contributed by atoms with E-state index in [1.807, 2.05) is 31.2 Å². The molecular formula is C52H66N4O8. The summed E-state index contributed by atoms with van der Waals surface area (Å²) in [4.78, 5) is 4.63. The van der Waals surface area contributed by atoms with E-state index in [0.29, 0.717) is 82.8 Å². The number of aliphatic hydroxyl groups excluding tert-OH is 1. The van der Waals surface area contributed by atoms with Crippen LogP contribution in [0.5, 0.6) is 28.7 Å². The van der Waals surface area contributed by atoms with Crippen molar-refractivity contribution in [1.29, 1.82) is 0 Å². The summed E-state index contributed by atoms with van der Waals surface area (Å²) >= 11 is 0. The fourth-order valence-corrected chi connectivity index (χ4v) is 11.2. The van der Waals surface area contributed by atoms with Gasteiger partial charge in [0.2, 0.25) is 0 Å². The van der Waals surface area contributed by atoms with E-state index in [1.165, 1.54) is 18.4 Å². The third-order valence-corrected chi connectivity index (χ3v) is 14.1. The second-order valence-electron chi connectivity index (χ2n) is 19.5. The van der Waals surface area contributed by atoms with Crippen molar-refractivity contribution in [2.45, 2.75) is 120 Å². The predicted octanol–water partition coefficient (Wildman–Crippen LogP) is 5.61. The SMILES string of the molecule is COc1cc(C2Oc3c(c4c(c5c3CCC(CO)O5)-c3ccc(O)cc3C(Cc3ccc5c(c3)=CCN=5)C4)CC2(CNCNCC(C)(O)CC(C)C)OCNC2CCCC2)ccc1O. The minimum atomic E-state index is -0.974. The van der Waals surface area contributed by atoms with Crippen molar-refractivity contribution in [2.75, 3.05) is 46.8 Å². The molecule has 5 atom stereocenters. The minimum Gasteiger partial charge on any atom is -0.508 e. The minimum absolute atomic E-state index is 0.0183. The van der Waals surface area contributed by atoms with Crippen LogP contribution in [0.3, 0.4) is 0 Å².